The molecule has 0 saturated heterocycles. The number of unbranched alkanes of at least 4 members (excludes halogenated alkanes) is 2. The Labute approximate surface area is 278 Å². The molecule has 2 aromatic carbocycles. The number of carbonyl (C=O) groups is 2. The fourth-order valence-corrected chi connectivity index (χ4v) is 5.21. The van der Waals surface area contributed by atoms with Gasteiger partial charge in [0.1, 0.15) is 11.5 Å². The first-order valence-corrected chi connectivity index (χ1v) is 16.0. The van der Waals surface area contributed by atoms with E-state index >= 15 is 0 Å². The van der Waals surface area contributed by atoms with Crippen LogP contribution < -0.4 is 9.47 Å². The first-order valence-electron chi connectivity index (χ1n) is 16.0. The monoisotopic (exact) mass is 675 g/mol. The molecule has 2 aromatic rings. The third-order valence-corrected chi connectivity index (χ3v) is 7.76. The Morgan fingerprint density at radius 2 is 1.65 bits per heavy atom. The Morgan fingerprint density at radius 1 is 0.917 bits per heavy atom. The predicted octanol–water partition coefficient (Wildman–Crippen LogP) is 5.80. The van der Waals surface area contributed by atoms with E-state index in [1.165, 1.54) is 6.08 Å². The van der Waals surface area contributed by atoms with Crippen LogP contribution in [0.1, 0.15) is 56.9 Å². The molecule has 0 spiro atoms. The second-order valence-corrected chi connectivity index (χ2v) is 11.5. The van der Waals surface area contributed by atoms with Gasteiger partial charge in [-0.2, -0.15) is 8.78 Å². The molecular formula is C35H43F2NO10. The topological polar surface area (TPSA) is 155 Å². The molecule has 1 saturated carbocycles. The Bertz CT molecular complexity index is 1340. The molecule has 0 amide bonds. The number of para-hydroxylation sites is 1. The minimum Gasteiger partial charge on any atom is -0.487 e. The van der Waals surface area contributed by atoms with Crippen LogP contribution >= 0.6 is 0 Å². The number of ether oxygens (including phenoxy) is 3. The molecule has 0 aliphatic heterocycles. The molecule has 0 aromatic heterocycles. The Kier molecular flexibility index (Phi) is 16.0. The zero-order valence-electron chi connectivity index (χ0n) is 26.7. The van der Waals surface area contributed by atoms with Crippen molar-refractivity contribution in [1.82, 2.24) is 0 Å². The highest BCUT2D eigenvalue weighted by Crippen LogP contribution is 2.37. The number of allylic oxidation sites excluding steroid dienone is 2. The van der Waals surface area contributed by atoms with Gasteiger partial charge in [-0.15, -0.1) is 10.1 Å². The number of carbonyl (C=O) groups excluding carboxylic acids is 2. The van der Waals surface area contributed by atoms with Gasteiger partial charge in [-0.05, 0) is 73.9 Å². The smallest absolute Gasteiger partial charge is 0.311 e. The molecule has 11 nitrogen and oxygen atoms in total. The number of alkyl halides is 2. The van der Waals surface area contributed by atoms with Gasteiger partial charge in [0.25, 0.3) is 11.0 Å². The van der Waals surface area contributed by atoms with Crippen LogP contribution in [0.2, 0.25) is 0 Å². The average molecular weight is 676 g/mol. The van der Waals surface area contributed by atoms with E-state index in [0.29, 0.717) is 50.0 Å². The number of aliphatic hydroxyl groups is 2. The first kappa shape index (κ1) is 38.1. The Hall–Kier alpha value is -4.36. The quantitative estimate of drug-likeness (QED) is 0.0414. The van der Waals surface area contributed by atoms with Crippen molar-refractivity contribution in [2.45, 2.75) is 75.9 Å². The van der Waals surface area contributed by atoms with Crippen LogP contribution in [-0.2, 0) is 25.6 Å². The lowest BCUT2D eigenvalue weighted by molar-refractivity contribution is -0.757. The molecule has 0 unspecified atom stereocenters. The summed E-state index contributed by atoms with van der Waals surface area (Å²) in [6, 6.07) is 15.2. The molecule has 0 bridgehead atoms. The molecular weight excluding hydrogens is 632 g/mol. The van der Waals surface area contributed by atoms with Gasteiger partial charge in [-0.25, -0.2) is 0 Å². The van der Waals surface area contributed by atoms with Gasteiger partial charge in [0.15, 0.2) is 6.61 Å². The Morgan fingerprint density at radius 3 is 2.38 bits per heavy atom. The molecule has 1 fully saturated rings. The SMILES string of the molecule is O=C(CCCCO[N+](=O)[O-])OCCc1ccc(OC(=O)CCC/C=C\C[C@@H]2[C@@H](/C=C/C(F)(F)COc3ccccc3)[C@H](O)C[C@@H]2O)cc1. The van der Waals surface area contributed by atoms with Crippen LogP contribution in [0, 0.1) is 22.0 Å². The van der Waals surface area contributed by atoms with Gasteiger partial charge in [0.05, 0.1) is 25.4 Å². The van der Waals surface area contributed by atoms with Crippen molar-refractivity contribution < 1.29 is 52.7 Å². The minimum absolute atomic E-state index is 0.0610. The van der Waals surface area contributed by atoms with E-state index in [1.807, 2.05) is 12.2 Å². The lowest BCUT2D eigenvalue weighted by atomic mass is 9.89. The maximum atomic E-state index is 14.4. The van der Waals surface area contributed by atoms with E-state index in [0.717, 1.165) is 11.6 Å². The fourth-order valence-electron chi connectivity index (χ4n) is 5.21. The van der Waals surface area contributed by atoms with Crippen molar-refractivity contribution in [3.8, 4) is 11.5 Å². The standard InChI is InChI=1S/C35H43F2NO10/c36-35(37,25-46-27-10-4-3-5-11-27)21-19-30-29(31(39)24-32(30)40)12-6-1-2-7-14-34(42)48-28-17-15-26(16-18-28)20-23-45-33(41)13-8-9-22-47-38(43)44/h1,3-6,10-11,15-19,21,29-32,39-40H,2,7-9,12-14,20,22-25H2/b6-1-,21-19+/t29-,30-,31+,32-/m1/s1. The molecule has 3 rings (SSSR count). The van der Waals surface area contributed by atoms with Crippen LogP contribution in [0.15, 0.2) is 78.9 Å². The number of hydrogen-bond donors (Lipinski definition) is 2. The number of nitrogens with zero attached hydrogens (tertiary/aromatic N) is 1. The number of hydrogen-bond acceptors (Lipinski definition) is 10. The zero-order chi connectivity index (χ0) is 34.8. The normalized spacial score (nSPS) is 19.4. The van der Waals surface area contributed by atoms with Crippen molar-refractivity contribution in [2.75, 3.05) is 19.8 Å². The summed E-state index contributed by atoms with van der Waals surface area (Å²) in [6.45, 7) is -0.725. The highest BCUT2D eigenvalue weighted by Gasteiger charge is 2.40. The summed E-state index contributed by atoms with van der Waals surface area (Å²) >= 11 is 0. The summed E-state index contributed by atoms with van der Waals surface area (Å²) in [4.78, 5) is 38.3. The predicted molar refractivity (Wildman–Crippen MR) is 171 cm³/mol. The van der Waals surface area contributed by atoms with Gasteiger partial charge in [0, 0.05) is 31.6 Å². The molecule has 0 heterocycles. The highest BCUT2D eigenvalue weighted by molar-refractivity contribution is 5.72. The summed E-state index contributed by atoms with van der Waals surface area (Å²) < 4.78 is 44.6. The maximum absolute atomic E-state index is 14.4. The van der Waals surface area contributed by atoms with Crippen LogP contribution in [0.3, 0.4) is 0 Å². The second-order valence-electron chi connectivity index (χ2n) is 11.5. The number of rotatable bonds is 21. The number of halogens is 2. The van der Waals surface area contributed by atoms with E-state index < -0.39 is 53.6 Å². The fraction of sp³-hybridized carbons (Fsp3) is 0.486. The number of benzene rings is 2. The van der Waals surface area contributed by atoms with Gasteiger partial charge >= 0.3 is 11.9 Å². The van der Waals surface area contributed by atoms with Crippen LogP contribution in [0.25, 0.3) is 0 Å². The summed E-state index contributed by atoms with van der Waals surface area (Å²) in [5, 5.41) is 30.0. The largest absolute Gasteiger partial charge is 0.487 e. The molecule has 48 heavy (non-hydrogen) atoms. The molecule has 13 heteroatoms. The van der Waals surface area contributed by atoms with Crippen LogP contribution in [-0.4, -0.2) is 65.2 Å². The van der Waals surface area contributed by atoms with Crippen LogP contribution in [0.4, 0.5) is 8.78 Å². The summed E-state index contributed by atoms with van der Waals surface area (Å²) in [5.74, 6) is -4.38. The Balaban J connectivity index is 1.31. The van der Waals surface area contributed by atoms with Gasteiger partial charge in [-0.1, -0.05) is 48.6 Å². The molecule has 4 atom stereocenters. The van der Waals surface area contributed by atoms with Crippen molar-refractivity contribution in [1.29, 1.82) is 0 Å². The van der Waals surface area contributed by atoms with E-state index in [9.17, 15) is 38.7 Å². The van der Waals surface area contributed by atoms with Crippen molar-refractivity contribution >= 4 is 11.9 Å². The van der Waals surface area contributed by atoms with Gasteiger partial charge in [-0.3, -0.25) is 9.59 Å². The zero-order valence-corrected chi connectivity index (χ0v) is 26.7. The number of aliphatic hydroxyl groups excluding tert-OH is 2. The van der Waals surface area contributed by atoms with E-state index in [1.54, 1.807) is 54.6 Å². The molecule has 262 valence electrons. The van der Waals surface area contributed by atoms with Gasteiger partial charge < -0.3 is 29.3 Å². The first-order chi connectivity index (χ1) is 23.0. The lowest BCUT2D eigenvalue weighted by Gasteiger charge is -2.20. The molecule has 0 radical (unpaired) electrons. The highest BCUT2D eigenvalue weighted by atomic mass is 19.3. The maximum Gasteiger partial charge on any atom is 0.311 e. The number of esters is 2. The van der Waals surface area contributed by atoms with E-state index in [-0.39, 0.29) is 32.5 Å². The third kappa shape index (κ3) is 14.6. The average Bonchev–Trinajstić information content (AvgIpc) is 3.32. The van der Waals surface area contributed by atoms with Crippen LogP contribution in [0.5, 0.6) is 11.5 Å². The lowest BCUT2D eigenvalue weighted by Crippen LogP contribution is -2.25. The van der Waals surface area contributed by atoms with Crippen molar-refractivity contribution in [3.63, 3.8) is 0 Å². The summed E-state index contributed by atoms with van der Waals surface area (Å²) in [6.07, 6.45) is 7.13. The van der Waals surface area contributed by atoms with Crippen molar-refractivity contribution in [3.05, 3.63) is 94.6 Å². The van der Waals surface area contributed by atoms with E-state index in [2.05, 4.69) is 4.84 Å². The molecule has 1 aliphatic carbocycles. The van der Waals surface area contributed by atoms with Gasteiger partial charge in [0.2, 0.25) is 0 Å². The summed E-state index contributed by atoms with van der Waals surface area (Å²) in [7, 11) is 0. The minimum atomic E-state index is -3.25. The molecule has 1 aliphatic rings. The third-order valence-electron chi connectivity index (χ3n) is 7.76. The molecule has 2 N–H and O–H groups in total. The van der Waals surface area contributed by atoms with Crippen molar-refractivity contribution in [2.24, 2.45) is 11.8 Å². The van der Waals surface area contributed by atoms with E-state index in [4.69, 9.17) is 14.2 Å². The second kappa shape index (κ2) is 20.1. The summed E-state index contributed by atoms with van der Waals surface area (Å²) in [5.41, 5.74) is 0.885.